The van der Waals surface area contributed by atoms with E-state index in [-0.39, 0.29) is 25.9 Å². The number of carboxylic acid groups (broad SMARTS) is 1. The quantitative estimate of drug-likeness (QED) is 0.301. The molecule has 19 heavy (non-hydrogen) atoms. The van der Waals surface area contributed by atoms with Crippen LogP contribution in [0.3, 0.4) is 0 Å². The summed E-state index contributed by atoms with van der Waals surface area (Å²) in [5.41, 5.74) is 0. The fourth-order valence-electron chi connectivity index (χ4n) is 1.50. The summed E-state index contributed by atoms with van der Waals surface area (Å²) in [5, 5.41) is 35.6. The molecule has 0 amide bonds. The number of carbonyl (C=O) groups excluding carboxylic acids is 1. The Morgan fingerprint density at radius 3 is 2.21 bits per heavy atom. The molecule has 0 aromatic heterocycles. The smallest absolute Gasteiger partial charge is 0.306 e. The van der Waals surface area contributed by atoms with Crippen molar-refractivity contribution < 1.29 is 34.8 Å². The summed E-state index contributed by atoms with van der Waals surface area (Å²) < 4.78 is 4.90. The topological polar surface area (TPSA) is 124 Å². The van der Waals surface area contributed by atoms with Gasteiger partial charge in [-0.15, -0.1) is 0 Å². The maximum absolute atomic E-state index is 11.4. The van der Waals surface area contributed by atoms with Crippen LogP contribution in [0.5, 0.6) is 0 Å². The van der Waals surface area contributed by atoms with Crippen LogP contribution in [0.15, 0.2) is 0 Å². The summed E-state index contributed by atoms with van der Waals surface area (Å²) in [7, 11) is 0. The van der Waals surface area contributed by atoms with Gasteiger partial charge in [-0.3, -0.25) is 9.59 Å². The van der Waals surface area contributed by atoms with E-state index in [1.165, 1.54) is 0 Å². The molecule has 0 saturated carbocycles. The Labute approximate surface area is 111 Å². The Morgan fingerprint density at radius 1 is 1.05 bits per heavy atom. The number of aliphatic hydroxyl groups is 3. The highest BCUT2D eigenvalue weighted by Crippen LogP contribution is 2.09. The second kappa shape index (κ2) is 10.7. The monoisotopic (exact) mass is 278 g/mol. The first kappa shape index (κ1) is 17.8. The van der Waals surface area contributed by atoms with Gasteiger partial charge in [0.05, 0.1) is 12.7 Å². The molecule has 0 saturated heterocycles. The molecular weight excluding hydrogens is 256 g/mol. The van der Waals surface area contributed by atoms with E-state index in [0.717, 1.165) is 0 Å². The summed E-state index contributed by atoms with van der Waals surface area (Å²) in [6, 6.07) is 0. The second-order valence-corrected chi connectivity index (χ2v) is 4.24. The average molecular weight is 278 g/mol. The van der Waals surface area contributed by atoms with E-state index < -0.39 is 30.8 Å². The number of unbranched alkanes of at least 4 members (excludes halogenated alkanes) is 1. The van der Waals surface area contributed by atoms with Crippen LogP contribution in [0.2, 0.25) is 0 Å². The molecule has 0 aliphatic heterocycles. The van der Waals surface area contributed by atoms with E-state index in [1.54, 1.807) is 0 Å². The van der Waals surface area contributed by atoms with Crippen molar-refractivity contribution in [3.63, 3.8) is 0 Å². The normalized spacial score (nSPS) is 13.8. The van der Waals surface area contributed by atoms with Crippen LogP contribution in [-0.4, -0.2) is 57.8 Å². The van der Waals surface area contributed by atoms with Gasteiger partial charge in [0, 0.05) is 19.4 Å². The molecule has 0 fully saturated rings. The van der Waals surface area contributed by atoms with Gasteiger partial charge in [0.2, 0.25) is 0 Å². The van der Waals surface area contributed by atoms with Gasteiger partial charge in [-0.25, -0.2) is 0 Å². The summed E-state index contributed by atoms with van der Waals surface area (Å²) in [4.78, 5) is 21.6. The molecule has 0 heterocycles. The van der Waals surface area contributed by atoms with Crippen LogP contribution in [0.25, 0.3) is 0 Å². The van der Waals surface area contributed by atoms with Gasteiger partial charge in [0.25, 0.3) is 0 Å². The molecule has 0 bridgehead atoms. The lowest BCUT2D eigenvalue weighted by Crippen LogP contribution is -2.34. The maximum atomic E-state index is 11.4. The Kier molecular flexibility index (Phi) is 10.1. The van der Waals surface area contributed by atoms with Crippen LogP contribution in [0, 0.1) is 0 Å². The van der Waals surface area contributed by atoms with Crippen LogP contribution < -0.4 is 0 Å². The van der Waals surface area contributed by atoms with Gasteiger partial charge in [-0.1, -0.05) is 0 Å². The van der Waals surface area contributed by atoms with Crippen molar-refractivity contribution in [3.05, 3.63) is 0 Å². The second-order valence-electron chi connectivity index (χ2n) is 4.24. The van der Waals surface area contributed by atoms with Crippen LogP contribution in [0.4, 0.5) is 0 Å². The Morgan fingerprint density at radius 2 is 1.68 bits per heavy atom. The molecule has 112 valence electrons. The number of aliphatic hydroxyl groups excluding tert-OH is 3. The number of ether oxygens (including phenoxy) is 1. The van der Waals surface area contributed by atoms with Gasteiger partial charge in [-0.05, 0) is 25.7 Å². The molecule has 2 atom stereocenters. The summed E-state index contributed by atoms with van der Waals surface area (Å²) in [6.07, 6.45) is -0.621. The minimum absolute atomic E-state index is 0.00413. The first-order valence-electron chi connectivity index (χ1n) is 6.32. The highest BCUT2D eigenvalue weighted by molar-refractivity contribution is 5.70. The van der Waals surface area contributed by atoms with E-state index in [2.05, 4.69) is 0 Å². The molecule has 0 radical (unpaired) electrons. The number of esters is 1. The van der Waals surface area contributed by atoms with E-state index in [4.69, 9.17) is 20.1 Å². The van der Waals surface area contributed by atoms with Crippen molar-refractivity contribution in [1.82, 2.24) is 0 Å². The van der Waals surface area contributed by atoms with Crippen LogP contribution >= 0.6 is 0 Å². The predicted molar refractivity (Wildman–Crippen MR) is 65.4 cm³/mol. The molecule has 4 N–H and O–H groups in total. The van der Waals surface area contributed by atoms with Crippen LogP contribution in [-0.2, 0) is 14.3 Å². The predicted octanol–water partition coefficient (Wildman–Crippen LogP) is -0.331. The lowest BCUT2D eigenvalue weighted by molar-refractivity contribution is -0.158. The fraction of sp³-hybridized carbons (Fsp3) is 0.833. The van der Waals surface area contributed by atoms with E-state index in [9.17, 15) is 14.7 Å². The molecule has 0 aliphatic rings. The molecular formula is C12H22O7. The lowest BCUT2D eigenvalue weighted by atomic mass is 10.1. The zero-order valence-corrected chi connectivity index (χ0v) is 10.8. The maximum Gasteiger partial charge on any atom is 0.306 e. The minimum atomic E-state index is -1.01. The molecule has 0 spiro atoms. The SMILES string of the molecule is O=C(O)CCCCC(=O)OC(CO)C(O)CCCO. The van der Waals surface area contributed by atoms with E-state index in [0.29, 0.717) is 19.3 Å². The zero-order chi connectivity index (χ0) is 14.7. The van der Waals surface area contributed by atoms with Crippen molar-refractivity contribution in [2.45, 2.75) is 50.7 Å². The highest BCUT2D eigenvalue weighted by atomic mass is 16.6. The fourth-order valence-corrected chi connectivity index (χ4v) is 1.50. The van der Waals surface area contributed by atoms with Crippen molar-refractivity contribution in [1.29, 1.82) is 0 Å². The number of carbonyl (C=O) groups is 2. The first-order chi connectivity index (χ1) is 9.01. The average Bonchev–Trinajstić information content (AvgIpc) is 2.37. The molecule has 0 rings (SSSR count). The molecule has 0 aromatic carbocycles. The van der Waals surface area contributed by atoms with Crippen molar-refractivity contribution in [3.8, 4) is 0 Å². The number of rotatable bonds is 11. The molecule has 0 aliphatic carbocycles. The Balaban J connectivity index is 3.89. The molecule has 7 nitrogen and oxygen atoms in total. The Hall–Kier alpha value is -1.18. The Bertz CT molecular complexity index is 267. The number of carboxylic acids is 1. The van der Waals surface area contributed by atoms with Gasteiger partial charge in [0.1, 0.15) is 0 Å². The summed E-state index contributed by atoms with van der Waals surface area (Å²) in [5.74, 6) is -1.49. The third-order valence-electron chi connectivity index (χ3n) is 2.57. The highest BCUT2D eigenvalue weighted by Gasteiger charge is 2.22. The minimum Gasteiger partial charge on any atom is -0.481 e. The van der Waals surface area contributed by atoms with Gasteiger partial charge >= 0.3 is 11.9 Å². The van der Waals surface area contributed by atoms with E-state index >= 15 is 0 Å². The van der Waals surface area contributed by atoms with Crippen LogP contribution in [0.1, 0.15) is 38.5 Å². The number of hydrogen-bond acceptors (Lipinski definition) is 6. The standard InChI is InChI=1S/C12H22O7/c13-7-3-4-9(15)10(8-14)19-12(18)6-2-1-5-11(16)17/h9-10,13-15H,1-8H2,(H,16,17). The van der Waals surface area contributed by atoms with Crippen molar-refractivity contribution in [2.75, 3.05) is 13.2 Å². The van der Waals surface area contributed by atoms with Gasteiger partial charge in [-0.2, -0.15) is 0 Å². The van der Waals surface area contributed by atoms with Crippen molar-refractivity contribution in [2.24, 2.45) is 0 Å². The number of hydrogen-bond donors (Lipinski definition) is 4. The first-order valence-corrected chi connectivity index (χ1v) is 6.32. The number of aliphatic carboxylic acids is 1. The van der Waals surface area contributed by atoms with Crippen molar-refractivity contribution >= 4 is 11.9 Å². The van der Waals surface area contributed by atoms with Gasteiger partial charge < -0.3 is 25.2 Å². The summed E-state index contributed by atoms with van der Waals surface area (Å²) >= 11 is 0. The molecule has 2 unspecified atom stereocenters. The molecule has 0 aromatic rings. The molecule has 7 heteroatoms. The third-order valence-corrected chi connectivity index (χ3v) is 2.57. The zero-order valence-electron chi connectivity index (χ0n) is 10.8. The van der Waals surface area contributed by atoms with Gasteiger partial charge in [0.15, 0.2) is 6.10 Å². The third kappa shape index (κ3) is 9.40. The summed E-state index contributed by atoms with van der Waals surface area (Å²) in [6.45, 7) is -0.578. The lowest BCUT2D eigenvalue weighted by Gasteiger charge is -2.21. The largest absolute Gasteiger partial charge is 0.481 e. The van der Waals surface area contributed by atoms with E-state index in [1.807, 2.05) is 0 Å².